The number of halogens is 1. The van der Waals surface area contributed by atoms with Crippen LogP contribution in [0.15, 0.2) is 24.3 Å². The molecule has 7 nitrogen and oxygen atoms in total. The van der Waals surface area contributed by atoms with E-state index < -0.39 is 5.97 Å². The van der Waals surface area contributed by atoms with E-state index in [1.807, 2.05) is 11.6 Å². The first-order valence-electron chi connectivity index (χ1n) is 11.8. The van der Waals surface area contributed by atoms with Gasteiger partial charge in [-0.2, -0.15) is 5.10 Å². The van der Waals surface area contributed by atoms with Crippen LogP contribution >= 0.6 is 0 Å². The maximum atomic E-state index is 13.1. The molecule has 8 heteroatoms. The Morgan fingerprint density at radius 2 is 1.94 bits per heavy atom. The Bertz CT molecular complexity index is 1050. The Morgan fingerprint density at radius 3 is 2.61 bits per heavy atom. The predicted molar refractivity (Wildman–Crippen MR) is 118 cm³/mol. The molecule has 2 aromatic rings. The van der Waals surface area contributed by atoms with E-state index in [1.165, 1.54) is 24.3 Å². The van der Waals surface area contributed by atoms with Gasteiger partial charge >= 0.3 is 5.97 Å². The van der Waals surface area contributed by atoms with Crippen LogP contribution in [0.1, 0.15) is 64.7 Å². The zero-order valence-electron chi connectivity index (χ0n) is 19.0. The number of amides is 1. The van der Waals surface area contributed by atoms with Crippen LogP contribution < -0.4 is 5.32 Å². The third-order valence-corrected chi connectivity index (χ3v) is 7.44. The molecule has 0 atom stereocenters. The van der Waals surface area contributed by atoms with Crippen molar-refractivity contribution in [2.45, 2.75) is 52.0 Å². The summed E-state index contributed by atoms with van der Waals surface area (Å²) in [5.41, 5.74) is 2.71. The highest BCUT2D eigenvalue weighted by atomic mass is 19.1. The number of nitrogens with zero attached hydrogens (tertiary/aromatic N) is 2. The molecule has 1 saturated heterocycles. The molecule has 176 valence electrons. The van der Waals surface area contributed by atoms with Crippen LogP contribution in [-0.4, -0.2) is 48.0 Å². The number of carbonyl (C=O) groups excluding carboxylic acids is 2. The first-order chi connectivity index (χ1) is 15.9. The van der Waals surface area contributed by atoms with Gasteiger partial charge in [0.2, 0.25) is 0 Å². The normalized spacial score (nSPS) is 20.6. The van der Waals surface area contributed by atoms with Gasteiger partial charge in [-0.15, -0.1) is 0 Å². The number of rotatable bonds is 6. The number of benzene rings is 1. The molecule has 1 saturated carbocycles. The molecule has 1 N–H and O–H groups in total. The summed E-state index contributed by atoms with van der Waals surface area (Å²) in [6.45, 7) is 5.00. The third-order valence-electron chi connectivity index (χ3n) is 7.44. The highest BCUT2D eigenvalue weighted by Crippen LogP contribution is 2.48. The number of fused-ring (bicyclic) bond motifs is 1. The second-order valence-corrected chi connectivity index (χ2v) is 9.83. The van der Waals surface area contributed by atoms with Crippen molar-refractivity contribution < 1.29 is 23.5 Å². The summed E-state index contributed by atoms with van der Waals surface area (Å²) in [6.07, 6.45) is 5.18. The highest BCUT2D eigenvalue weighted by molar-refractivity contribution is 5.97. The fraction of sp³-hybridized carbons (Fsp3) is 0.560. The van der Waals surface area contributed by atoms with E-state index in [1.54, 1.807) is 0 Å². The van der Waals surface area contributed by atoms with Crippen LogP contribution in [0.4, 0.5) is 4.39 Å². The van der Waals surface area contributed by atoms with E-state index in [0.29, 0.717) is 38.3 Å². The third kappa shape index (κ3) is 4.40. The minimum atomic E-state index is -0.449. The summed E-state index contributed by atoms with van der Waals surface area (Å²) in [5.74, 6) is -0.873. The number of aryl methyl sites for hydroxylation is 1. The lowest BCUT2D eigenvalue weighted by Crippen LogP contribution is -2.41. The van der Waals surface area contributed by atoms with Crippen LogP contribution in [0.3, 0.4) is 0 Å². The van der Waals surface area contributed by atoms with Crippen molar-refractivity contribution in [2.24, 2.45) is 10.8 Å². The zero-order chi connectivity index (χ0) is 23.1. The Balaban J connectivity index is 1.36. The smallest absolute Gasteiger partial charge is 0.338 e. The Morgan fingerprint density at radius 1 is 1.21 bits per heavy atom. The molecule has 1 aromatic heterocycles. The van der Waals surface area contributed by atoms with E-state index in [4.69, 9.17) is 14.6 Å². The predicted octanol–water partition coefficient (Wildman–Crippen LogP) is 3.30. The quantitative estimate of drug-likeness (QED) is 0.676. The summed E-state index contributed by atoms with van der Waals surface area (Å²) in [6, 6.07) is 5.38. The molecule has 2 aliphatic heterocycles. The molecule has 5 rings (SSSR count). The number of hydrogen-bond donors (Lipinski definition) is 1. The van der Waals surface area contributed by atoms with Gasteiger partial charge in [0.25, 0.3) is 5.91 Å². The number of ether oxygens (including phenoxy) is 2. The molecular formula is C25H30FN3O4. The summed E-state index contributed by atoms with van der Waals surface area (Å²) in [5, 5.41) is 7.99. The topological polar surface area (TPSA) is 82.5 Å². The lowest BCUT2D eigenvalue weighted by Gasteiger charge is -2.36. The summed E-state index contributed by atoms with van der Waals surface area (Å²) < 4.78 is 26.3. The number of esters is 1. The Kier molecular flexibility index (Phi) is 5.72. The zero-order valence-corrected chi connectivity index (χ0v) is 19.0. The van der Waals surface area contributed by atoms with Gasteiger partial charge in [-0.25, -0.2) is 9.18 Å². The lowest BCUT2D eigenvalue weighted by molar-refractivity contribution is 0.0150. The van der Waals surface area contributed by atoms with Crippen molar-refractivity contribution in [3.8, 4) is 0 Å². The van der Waals surface area contributed by atoms with Crippen molar-refractivity contribution in [1.29, 1.82) is 0 Å². The molecule has 33 heavy (non-hydrogen) atoms. The molecule has 1 spiro atoms. The number of carbonyl (C=O) groups is 2. The van der Waals surface area contributed by atoms with Gasteiger partial charge in [-0.05, 0) is 68.2 Å². The van der Waals surface area contributed by atoms with Gasteiger partial charge in [0, 0.05) is 25.2 Å². The average molecular weight is 456 g/mol. The fourth-order valence-corrected chi connectivity index (χ4v) is 5.03. The van der Waals surface area contributed by atoms with Gasteiger partial charge in [0.05, 0.1) is 35.7 Å². The van der Waals surface area contributed by atoms with E-state index in [0.717, 1.165) is 49.1 Å². The molecular weight excluding hydrogens is 425 g/mol. The van der Waals surface area contributed by atoms with E-state index in [9.17, 15) is 14.0 Å². The maximum absolute atomic E-state index is 13.1. The largest absolute Gasteiger partial charge is 0.461 e. The second-order valence-electron chi connectivity index (χ2n) is 9.83. The van der Waals surface area contributed by atoms with Crippen molar-refractivity contribution in [3.63, 3.8) is 0 Å². The van der Waals surface area contributed by atoms with Crippen LogP contribution in [-0.2, 0) is 28.9 Å². The van der Waals surface area contributed by atoms with E-state index in [-0.39, 0.29) is 29.2 Å². The average Bonchev–Trinajstić information content (AvgIpc) is 3.54. The van der Waals surface area contributed by atoms with Crippen LogP contribution in [0.5, 0.6) is 0 Å². The molecule has 3 heterocycles. The van der Waals surface area contributed by atoms with Crippen molar-refractivity contribution in [3.05, 3.63) is 52.6 Å². The molecule has 0 radical (unpaired) electrons. The number of nitrogens with one attached hydrogen (secondary N) is 1. The first kappa shape index (κ1) is 22.1. The van der Waals surface area contributed by atoms with Crippen LogP contribution in [0.2, 0.25) is 0 Å². The SMILES string of the molecule is CCc1nn(CC2(COC(=O)c3ccc(F)cc3)CC2)c2c1C(=O)NCC1(CCOCC1)C2. The van der Waals surface area contributed by atoms with E-state index in [2.05, 4.69) is 5.32 Å². The number of hydrogen-bond acceptors (Lipinski definition) is 5. The van der Waals surface area contributed by atoms with Crippen molar-refractivity contribution in [2.75, 3.05) is 26.4 Å². The van der Waals surface area contributed by atoms with Gasteiger partial charge in [-0.1, -0.05) is 6.92 Å². The molecule has 0 bridgehead atoms. The Hall–Kier alpha value is -2.74. The molecule has 1 aliphatic carbocycles. The summed E-state index contributed by atoms with van der Waals surface area (Å²) in [4.78, 5) is 25.4. The minimum Gasteiger partial charge on any atom is -0.461 e. The van der Waals surface area contributed by atoms with E-state index >= 15 is 0 Å². The van der Waals surface area contributed by atoms with Crippen molar-refractivity contribution in [1.82, 2.24) is 15.1 Å². The monoisotopic (exact) mass is 455 g/mol. The minimum absolute atomic E-state index is 0.00623. The maximum Gasteiger partial charge on any atom is 0.338 e. The molecule has 0 unspecified atom stereocenters. The van der Waals surface area contributed by atoms with Gasteiger partial charge in [0.1, 0.15) is 5.82 Å². The molecule has 1 aromatic carbocycles. The highest BCUT2D eigenvalue weighted by Gasteiger charge is 2.47. The lowest BCUT2D eigenvalue weighted by atomic mass is 9.76. The molecule has 1 amide bonds. The van der Waals surface area contributed by atoms with Gasteiger partial charge in [0.15, 0.2) is 0 Å². The van der Waals surface area contributed by atoms with Crippen LogP contribution in [0, 0.1) is 16.6 Å². The van der Waals surface area contributed by atoms with Gasteiger partial charge < -0.3 is 14.8 Å². The van der Waals surface area contributed by atoms with Crippen LogP contribution in [0.25, 0.3) is 0 Å². The van der Waals surface area contributed by atoms with Crippen molar-refractivity contribution >= 4 is 11.9 Å². The standard InChI is InChI=1S/C25H30FN3O4/c1-2-19-21-20(13-24(14-27-22(21)30)9-11-32-12-10-24)29(28-19)15-25(7-8-25)16-33-23(31)17-3-5-18(26)6-4-17/h3-6H,2,7-16H2,1H3,(H,27,30). The van der Waals surface area contributed by atoms with Gasteiger partial charge in [-0.3, -0.25) is 9.48 Å². The second kappa shape index (κ2) is 8.56. The number of aromatic nitrogens is 2. The molecule has 2 fully saturated rings. The molecule has 3 aliphatic rings. The fourth-order valence-electron chi connectivity index (χ4n) is 5.03. The summed E-state index contributed by atoms with van der Waals surface area (Å²) >= 11 is 0. The first-order valence-corrected chi connectivity index (χ1v) is 11.8. The Labute approximate surface area is 192 Å². The summed E-state index contributed by atoms with van der Waals surface area (Å²) in [7, 11) is 0.